The van der Waals surface area contributed by atoms with Crippen LogP contribution in [0.25, 0.3) is 0 Å². The van der Waals surface area contributed by atoms with Crippen LogP contribution in [0.4, 0.5) is 4.39 Å². The first-order valence-corrected chi connectivity index (χ1v) is 7.00. The molecule has 1 saturated heterocycles. The van der Waals surface area contributed by atoms with Crippen LogP contribution < -0.4 is 15.8 Å². The fourth-order valence-electron chi connectivity index (χ4n) is 2.47. The quantitative estimate of drug-likeness (QED) is 0.898. The van der Waals surface area contributed by atoms with Gasteiger partial charge in [-0.25, -0.2) is 4.39 Å². The molecule has 20 heavy (non-hydrogen) atoms. The van der Waals surface area contributed by atoms with Crippen LogP contribution in [0, 0.1) is 5.82 Å². The maximum absolute atomic E-state index is 14.4. The molecule has 4 nitrogen and oxygen atoms in total. The Morgan fingerprint density at radius 1 is 1.65 bits per heavy atom. The van der Waals surface area contributed by atoms with Gasteiger partial charge in [0.2, 0.25) is 5.91 Å². The van der Waals surface area contributed by atoms with Crippen LogP contribution in [0.3, 0.4) is 0 Å². The number of amides is 1. The molecule has 0 bridgehead atoms. The van der Waals surface area contributed by atoms with Gasteiger partial charge in [-0.15, -0.1) is 0 Å². The average Bonchev–Trinajstić information content (AvgIpc) is 2.80. The minimum atomic E-state index is -0.527. The van der Waals surface area contributed by atoms with Crippen LogP contribution in [-0.2, 0) is 4.79 Å². The van der Waals surface area contributed by atoms with Crippen molar-refractivity contribution in [3.63, 3.8) is 0 Å². The van der Waals surface area contributed by atoms with Crippen molar-refractivity contribution >= 4 is 17.5 Å². The Balaban J connectivity index is 2.59. The van der Waals surface area contributed by atoms with Gasteiger partial charge in [0.25, 0.3) is 0 Å². The van der Waals surface area contributed by atoms with Gasteiger partial charge < -0.3 is 15.8 Å². The lowest BCUT2D eigenvalue weighted by Gasteiger charge is -2.21. The highest BCUT2D eigenvalue weighted by Gasteiger charge is 2.31. The average molecular weight is 301 g/mol. The van der Waals surface area contributed by atoms with Crippen molar-refractivity contribution in [1.82, 2.24) is 5.32 Å². The van der Waals surface area contributed by atoms with Gasteiger partial charge in [0.15, 0.2) is 0 Å². The maximum Gasteiger partial charge on any atom is 0.220 e. The summed E-state index contributed by atoms with van der Waals surface area (Å²) < 4.78 is 20.0. The highest BCUT2D eigenvalue weighted by atomic mass is 35.5. The second kappa shape index (κ2) is 5.97. The van der Waals surface area contributed by atoms with E-state index in [1.165, 1.54) is 6.07 Å². The Labute approximate surface area is 122 Å². The summed E-state index contributed by atoms with van der Waals surface area (Å²) in [4.78, 5) is 11.4. The van der Waals surface area contributed by atoms with E-state index < -0.39 is 5.82 Å². The van der Waals surface area contributed by atoms with Crippen LogP contribution in [0.5, 0.6) is 5.75 Å². The molecule has 2 atom stereocenters. The van der Waals surface area contributed by atoms with Crippen molar-refractivity contribution in [2.24, 2.45) is 5.73 Å². The molecule has 0 saturated carbocycles. The van der Waals surface area contributed by atoms with Crippen molar-refractivity contribution in [1.29, 1.82) is 0 Å². The number of nitrogens with two attached hydrogens (primary N) is 1. The van der Waals surface area contributed by atoms with Crippen molar-refractivity contribution < 1.29 is 13.9 Å². The lowest BCUT2D eigenvalue weighted by atomic mass is 9.92. The first kappa shape index (κ1) is 15.1. The highest BCUT2D eigenvalue weighted by molar-refractivity contribution is 6.31. The minimum absolute atomic E-state index is 0.00935. The van der Waals surface area contributed by atoms with E-state index in [1.807, 2.05) is 6.92 Å². The van der Waals surface area contributed by atoms with Gasteiger partial charge >= 0.3 is 0 Å². The van der Waals surface area contributed by atoms with E-state index in [4.69, 9.17) is 22.1 Å². The molecule has 3 N–H and O–H groups in total. The van der Waals surface area contributed by atoms with Gasteiger partial charge in [0.05, 0.1) is 11.6 Å². The fourth-order valence-corrected chi connectivity index (χ4v) is 2.69. The third kappa shape index (κ3) is 2.74. The molecule has 6 heteroatoms. The molecule has 1 aliphatic heterocycles. The predicted octanol–water partition coefficient (Wildman–Crippen LogP) is 2.50. The van der Waals surface area contributed by atoms with Crippen LogP contribution in [0.1, 0.15) is 43.4 Å². The molecule has 110 valence electrons. The SMILES string of the molecule is CCOc1c([C@@H](C)N)cc(Cl)c(F)c1C1CNC(=O)C1. The molecule has 1 aliphatic rings. The number of halogens is 2. The fraction of sp³-hybridized carbons (Fsp3) is 0.500. The van der Waals surface area contributed by atoms with Crippen LogP contribution in [0.15, 0.2) is 6.07 Å². The Morgan fingerprint density at radius 3 is 2.85 bits per heavy atom. The molecule has 1 aromatic carbocycles. The van der Waals surface area contributed by atoms with E-state index >= 15 is 0 Å². The molecule has 0 aromatic heterocycles. The monoisotopic (exact) mass is 300 g/mol. The van der Waals surface area contributed by atoms with E-state index in [9.17, 15) is 9.18 Å². The van der Waals surface area contributed by atoms with E-state index in [0.717, 1.165) is 0 Å². The normalized spacial score (nSPS) is 19.9. The van der Waals surface area contributed by atoms with Crippen LogP contribution in [0.2, 0.25) is 5.02 Å². The third-order valence-electron chi connectivity index (χ3n) is 3.40. The number of carbonyl (C=O) groups excluding carboxylic acids is 1. The predicted molar refractivity (Wildman–Crippen MR) is 75.5 cm³/mol. The summed E-state index contributed by atoms with van der Waals surface area (Å²) in [6.07, 6.45) is 0.232. The number of rotatable bonds is 4. The first-order chi connectivity index (χ1) is 9.45. The van der Waals surface area contributed by atoms with E-state index in [-0.39, 0.29) is 29.3 Å². The van der Waals surface area contributed by atoms with E-state index in [2.05, 4.69) is 5.32 Å². The second-order valence-electron chi connectivity index (χ2n) is 4.93. The standard InChI is InChI=1S/C14H18ClFN2O2/c1-3-20-14-9(7(2)17)5-10(15)13(16)12(14)8-4-11(19)18-6-8/h5,7-8H,3-4,6,17H2,1-2H3,(H,18,19)/t7-,8?/m1/s1. The summed E-state index contributed by atoms with van der Waals surface area (Å²) in [6.45, 7) is 4.38. The lowest BCUT2D eigenvalue weighted by Crippen LogP contribution is -2.16. The maximum atomic E-state index is 14.4. The van der Waals surface area contributed by atoms with Gasteiger partial charge in [-0.2, -0.15) is 0 Å². The molecule has 1 heterocycles. The number of ether oxygens (including phenoxy) is 1. The summed E-state index contributed by atoms with van der Waals surface area (Å²) in [7, 11) is 0. The molecule has 1 amide bonds. The molecular weight excluding hydrogens is 283 g/mol. The van der Waals surface area contributed by atoms with Crippen LogP contribution in [-0.4, -0.2) is 19.1 Å². The van der Waals surface area contributed by atoms with E-state index in [1.54, 1.807) is 6.92 Å². The number of carbonyl (C=O) groups is 1. The van der Waals surface area contributed by atoms with Gasteiger partial charge in [-0.05, 0) is 19.9 Å². The summed E-state index contributed by atoms with van der Waals surface area (Å²) in [6, 6.07) is 1.17. The molecule has 1 fully saturated rings. The molecule has 2 rings (SSSR count). The first-order valence-electron chi connectivity index (χ1n) is 6.62. The summed E-state index contributed by atoms with van der Waals surface area (Å²) >= 11 is 5.96. The number of hydrogen-bond acceptors (Lipinski definition) is 3. The molecule has 0 radical (unpaired) electrons. The molecule has 1 aromatic rings. The van der Waals surface area contributed by atoms with Gasteiger partial charge in [-0.1, -0.05) is 11.6 Å². The Hall–Kier alpha value is -1.33. The molecule has 0 aliphatic carbocycles. The zero-order valence-corrected chi connectivity index (χ0v) is 12.3. The smallest absolute Gasteiger partial charge is 0.220 e. The number of hydrogen-bond donors (Lipinski definition) is 2. The van der Waals surface area contributed by atoms with Crippen molar-refractivity contribution in [2.45, 2.75) is 32.2 Å². The Morgan fingerprint density at radius 2 is 2.35 bits per heavy atom. The summed E-state index contributed by atoms with van der Waals surface area (Å²) in [5, 5.41) is 2.71. The zero-order valence-electron chi connectivity index (χ0n) is 11.5. The molecular formula is C14H18ClFN2O2. The Kier molecular flexibility index (Phi) is 4.50. The van der Waals surface area contributed by atoms with Crippen molar-refractivity contribution in [3.05, 3.63) is 28.0 Å². The third-order valence-corrected chi connectivity index (χ3v) is 3.68. The summed E-state index contributed by atoms with van der Waals surface area (Å²) in [5.74, 6) is -0.480. The lowest BCUT2D eigenvalue weighted by molar-refractivity contribution is -0.119. The topological polar surface area (TPSA) is 64.3 Å². The van der Waals surface area contributed by atoms with E-state index in [0.29, 0.717) is 30.0 Å². The number of benzene rings is 1. The van der Waals surface area contributed by atoms with Gasteiger partial charge in [0, 0.05) is 36.1 Å². The van der Waals surface area contributed by atoms with Gasteiger partial charge in [-0.3, -0.25) is 4.79 Å². The van der Waals surface area contributed by atoms with Crippen LogP contribution >= 0.6 is 11.6 Å². The second-order valence-corrected chi connectivity index (χ2v) is 5.34. The largest absolute Gasteiger partial charge is 0.493 e. The summed E-state index contributed by atoms with van der Waals surface area (Å²) in [5.41, 5.74) is 6.93. The van der Waals surface area contributed by atoms with Gasteiger partial charge in [0.1, 0.15) is 11.6 Å². The zero-order chi connectivity index (χ0) is 14.9. The minimum Gasteiger partial charge on any atom is -0.493 e. The highest BCUT2D eigenvalue weighted by Crippen LogP contribution is 2.41. The van der Waals surface area contributed by atoms with Crippen molar-refractivity contribution in [2.75, 3.05) is 13.2 Å². The molecule has 1 unspecified atom stereocenters. The number of nitrogens with one attached hydrogen (secondary N) is 1. The van der Waals surface area contributed by atoms with Crippen molar-refractivity contribution in [3.8, 4) is 5.75 Å². The Bertz CT molecular complexity index is 534. The molecule has 0 spiro atoms.